The molecule has 0 fully saturated rings. The van der Waals surface area contributed by atoms with E-state index in [-0.39, 0.29) is 24.7 Å². The Kier molecular flexibility index (Phi) is 4.13. The maximum Gasteiger partial charge on any atom is 0.292 e. The van der Waals surface area contributed by atoms with E-state index < -0.39 is 4.92 Å². The number of nitro groups is 1. The third kappa shape index (κ3) is 3.25. The second-order valence-corrected chi connectivity index (χ2v) is 5.13. The molecule has 120 valence electrons. The van der Waals surface area contributed by atoms with Gasteiger partial charge in [0.2, 0.25) is 5.91 Å². The minimum atomic E-state index is -0.443. The van der Waals surface area contributed by atoms with Gasteiger partial charge in [-0.05, 0) is 24.6 Å². The van der Waals surface area contributed by atoms with Crippen LogP contribution in [0.25, 0.3) is 0 Å². The number of hydrogen-bond acceptors (Lipinski definition) is 6. The van der Waals surface area contributed by atoms with Crippen LogP contribution in [0.2, 0.25) is 0 Å². The van der Waals surface area contributed by atoms with Gasteiger partial charge in [-0.3, -0.25) is 14.9 Å². The predicted molar refractivity (Wildman–Crippen MR) is 84.3 cm³/mol. The molecule has 8 nitrogen and oxygen atoms in total. The second kappa shape index (κ2) is 6.39. The van der Waals surface area contributed by atoms with E-state index in [1.165, 1.54) is 12.3 Å². The van der Waals surface area contributed by atoms with Crippen molar-refractivity contribution < 1.29 is 14.1 Å². The van der Waals surface area contributed by atoms with Crippen molar-refractivity contribution in [3.8, 4) is 0 Å². The highest BCUT2D eigenvalue weighted by Gasteiger charge is 2.23. The molecule has 0 atom stereocenters. The average Bonchev–Trinajstić information content (AvgIpc) is 3.20. The maximum atomic E-state index is 11.9. The van der Waals surface area contributed by atoms with Crippen LogP contribution in [0.1, 0.15) is 11.3 Å². The molecule has 0 saturated carbocycles. The summed E-state index contributed by atoms with van der Waals surface area (Å²) in [4.78, 5) is 22.6. The number of hydrogen-bond donors (Lipinski definition) is 3. The van der Waals surface area contributed by atoms with E-state index in [0.717, 1.165) is 17.8 Å². The van der Waals surface area contributed by atoms with E-state index in [1.807, 2.05) is 0 Å². The van der Waals surface area contributed by atoms with Crippen molar-refractivity contribution in [1.82, 2.24) is 5.32 Å². The molecule has 0 unspecified atom stereocenters. The number of rotatable bonds is 6. The lowest BCUT2D eigenvalue weighted by Crippen LogP contribution is -2.29. The van der Waals surface area contributed by atoms with E-state index in [9.17, 15) is 14.9 Å². The summed E-state index contributed by atoms with van der Waals surface area (Å²) in [7, 11) is 0. The summed E-state index contributed by atoms with van der Waals surface area (Å²) in [6.07, 6.45) is 2.22. The average molecular weight is 316 g/mol. The summed E-state index contributed by atoms with van der Waals surface area (Å²) in [6.45, 7) is 0.970. The summed E-state index contributed by atoms with van der Waals surface area (Å²) >= 11 is 0. The molecule has 0 bridgehead atoms. The van der Waals surface area contributed by atoms with Gasteiger partial charge in [-0.1, -0.05) is 0 Å². The topological polar surface area (TPSA) is 109 Å². The molecule has 0 radical (unpaired) electrons. The van der Waals surface area contributed by atoms with Crippen LogP contribution in [0.5, 0.6) is 0 Å². The standard InChI is InChI=1S/C15H16N4O4/c20-14(17-8-10-2-1-7-23-10)9-18-15-11-5-6-16-12(11)3-4-13(15)19(21)22/h1-4,7,16,18H,5-6,8-9H2,(H,17,20). The first-order valence-electron chi connectivity index (χ1n) is 7.22. The molecule has 8 heteroatoms. The van der Waals surface area contributed by atoms with Crippen LogP contribution in [0, 0.1) is 10.1 Å². The molecule has 0 aliphatic carbocycles. The molecule has 0 spiro atoms. The summed E-state index contributed by atoms with van der Waals surface area (Å²) < 4.78 is 5.13. The van der Waals surface area contributed by atoms with Gasteiger partial charge in [-0.25, -0.2) is 0 Å². The Morgan fingerprint density at radius 3 is 3.00 bits per heavy atom. The monoisotopic (exact) mass is 316 g/mol. The SMILES string of the molecule is O=C(CNc1c([N+](=O)[O-])ccc2c1CCN2)NCc1ccco1. The molecule has 1 aliphatic rings. The summed E-state index contributed by atoms with van der Waals surface area (Å²) in [5, 5.41) is 19.9. The van der Waals surface area contributed by atoms with Gasteiger partial charge in [0.15, 0.2) is 0 Å². The highest BCUT2D eigenvalue weighted by molar-refractivity contribution is 5.84. The van der Waals surface area contributed by atoms with Crippen molar-refractivity contribution in [3.05, 3.63) is 52.0 Å². The molecule has 3 rings (SSSR count). The molecule has 2 aromatic rings. The number of nitrogens with zero attached hydrogens (tertiary/aromatic N) is 1. The van der Waals surface area contributed by atoms with E-state index in [0.29, 0.717) is 17.9 Å². The smallest absolute Gasteiger partial charge is 0.292 e. The lowest BCUT2D eigenvalue weighted by molar-refractivity contribution is -0.384. The first-order chi connectivity index (χ1) is 11.1. The molecular formula is C15H16N4O4. The third-order valence-electron chi connectivity index (χ3n) is 3.64. The number of nitrogens with one attached hydrogen (secondary N) is 3. The fourth-order valence-corrected chi connectivity index (χ4v) is 2.56. The normalized spacial score (nSPS) is 12.3. The van der Waals surface area contributed by atoms with Gasteiger partial charge in [0.05, 0.1) is 24.3 Å². The lowest BCUT2D eigenvalue weighted by atomic mass is 10.1. The fourth-order valence-electron chi connectivity index (χ4n) is 2.56. The summed E-state index contributed by atoms with van der Waals surface area (Å²) in [6, 6.07) is 6.64. The Bertz CT molecular complexity index is 727. The van der Waals surface area contributed by atoms with Crippen molar-refractivity contribution >= 4 is 23.0 Å². The zero-order chi connectivity index (χ0) is 16.2. The van der Waals surface area contributed by atoms with Gasteiger partial charge in [-0.2, -0.15) is 0 Å². The van der Waals surface area contributed by atoms with E-state index in [4.69, 9.17) is 4.42 Å². The maximum absolute atomic E-state index is 11.9. The highest BCUT2D eigenvalue weighted by atomic mass is 16.6. The van der Waals surface area contributed by atoms with Gasteiger partial charge < -0.3 is 20.4 Å². The number of carbonyl (C=O) groups excluding carboxylic acids is 1. The van der Waals surface area contributed by atoms with Crippen LogP contribution in [0.15, 0.2) is 34.9 Å². The Hall–Kier alpha value is -3.03. The van der Waals surface area contributed by atoms with Crippen LogP contribution < -0.4 is 16.0 Å². The Labute approximate surface area is 132 Å². The highest BCUT2D eigenvalue weighted by Crippen LogP contribution is 2.36. The Morgan fingerprint density at radius 2 is 2.26 bits per heavy atom. The number of fused-ring (bicyclic) bond motifs is 1. The van der Waals surface area contributed by atoms with E-state index >= 15 is 0 Å². The zero-order valence-electron chi connectivity index (χ0n) is 12.3. The summed E-state index contributed by atoms with van der Waals surface area (Å²) in [5.41, 5.74) is 2.10. The van der Waals surface area contributed by atoms with Crippen LogP contribution in [0.3, 0.4) is 0 Å². The van der Waals surface area contributed by atoms with Crippen LogP contribution in [-0.2, 0) is 17.8 Å². The van der Waals surface area contributed by atoms with Gasteiger partial charge in [-0.15, -0.1) is 0 Å². The minimum absolute atomic E-state index is 0.0220. The van der Waals surface area contributed by atoms with E-state index in [1.54, 1.807) is 18.2 Å². The van der Waals surface area contributed by atoms with Gasteiger partial charge >= 0.3 is 0 Å². The molecule has 2 heterocycles. The zero-order valence-corrected chi connectivity index (χ0v) is 12.3. The van der Waals surface area contributed by atoms with Crippen molar-refractivity contribution in [2.24, 2.45) is 0 Å². The quantitative estimate of drug-likeness (QED) is 0.554. The molecule has 0 saturated heterocycles. The van der Waals surface area contributed by atoms with Crippen molar-refractivity contribution in [3.63, 3.8) is 0 Å². The Balaban J connectivity index is 1.66. The van der Waals surface area contributed by atoms with Crippen molar-refractivity contribution in [2.75, 3.05) is 23.7 Å². The van der Waals surface area contributed by atoms with Crippen LogP contribution >= 0.6 is 0 Å². The van der Waals surface area contributed by atoms with Gasteiger partial charge in [0.1, 0.15) is 11.4 Å². The summed E-state index contributed by atoms with van der Waals surface area (Å²) in [5.74, 6) is 0.383. The number of nitro benzene ring substituents is 1. The first kappa shape index (κ1) is 14.9. The van der Waals surface area contributed by atoms with Gasteiger partial charge in [0, 0.05) is 23.9 Å². The van der Waals surface area contributed by atoms with Crippen molar-refractivity contribution in [2.45, 2.75) is 13.0 Å². The number of anilines is 2. The second-order valence-electron chi connectivity index (χ2n) is 5.13. The number of amides is 1. The molecule has 3 N–H and O–H groups in total. The molecule has 1 aromatic carbocycles. The fraction of sp³-hybridized carbons (Fsp3) is 0.267. The molecule has 1 amide bonds. The predicted octanol–water partition coefficient (Wildman–Crippen LogP) is 1.88. The van der Waals surface area contributed by atoms with Gasteiger partial charge in [0.25, 0.3) is 5.69 Å². The molecular weight excluding hydrogens is 300 g/mol. The largest absolute Gasteiger partial charge is 0.467 e. The van der Waals surface area contributed by atoms with Crippen molar-refractivity contribution in [1.29, 1.82) is 0 Å². The van der Waals surface area contributed by atoms with Crippen LogP contribution in [-0.4, -0.2) is 23.9 Å². The molecule has 1 aliphatic heterocycles. The number of furan rings is 1. The number of carbonyl (C=O) groups is 1. The minimum Gasteiger partial charge on any atom is -0.467 e. The van der Waals surface area contributed by atoms with Crippen LogP contribution in [0.4, 0.5) is 17.1 Å². The molecule has 23 heavy (non-hydrogen) atoms. The molecule has 1 aromatic heterocycles. The lowest BCUT2D eigenvalue weighted by Gasteiger charge is -2.11. The Morgan fingerprint density at radius 1 is 1.39 bits per heavy atom. The number of benzene rings is 1. The first-order valence-corrected chi connectivity index (χ1v) is 7.22. The third-order valence-corrected chi connectivity index (χ3v) is 3.64. The van der Waals surface area contributed by atoms with E-state index in [2.05, 4.69) is 16.0 Å².